The van der Waals surface area contributed by atoms with E-state index in [0.717, 1.165) is 29.1 Å². The van der Waals surface area contributed by atoms with E-state index in [9.17, 15) is 18.0 Å². The highest BCUT2D eigenvalue weighted by molar-refractivity contribution is 7.90. The van der Waals surface area contributed by atoms with Crippen molar-refractivity contribution in [3.63, 3.8) is 0 Å². The quantitative estimate of drug-likeness (QED) is 0.704. The van der Waals surface area contributed by atoms with Gasteiger partial charge < -0.3 is 10.1 Å². The zero-order valence-electron chi connectivity index (χ0n) is 15.0. The van der Waals surface area contributed by atoms with Gasteiger partial charge in [-0.25, -0.2) is 9.44 Å². The molecule has 1 amide bonds. The van der Waals surface area contributed by atoms with Crippen LogP contribution in [0.15, 0.2) is 18.2 Å². The highest BCUT2D eigenvalue weighted by Crippen LogP contribution is 2.24. The molecule has 2 rings (SSSR count). The van der Waals surface area contributed by atoms with Gasteiger partial charge in [0.15, 0.2) is 0 Å². The smallest absolute Gasteiger partial charge is 0.326 e. The average molecular weight is 383 g/mol. The topological polar surface area (TPSA) is 119 Å². The largest absolute Gasteiger partial charge is 0.468 e. The van der Waals surface area contributed by atoms with Gasteiger partial charge in [0.05, 0.1) is 12.8 Å². The maximum Gasteiger partial charge on any atom is 0.326 e. The Morgan fingerprint density at radius 1 is 1.38 bits per heavy atom. The van der Waals surface area contributed by atoms with Crippen LogP contribution in [0.3, 0.4) is 0 Å². The van der Waals surface area contributed by atoms with E-state index in [4.69, 9.17) is 5.14 Å². The third-order valence-corrected chi connectivity index (χ3v) is 5.33. The summed E-state index contributed by atoms with van der Waals surface area (Å²) in [6.07, 6.45) is 4.04. The summed E-state index contributed by atoms with van der Waals surface area (Å²) < 4.78 is 29.1. The normalized spacial score (nSPS) is 18.0. The number of nitrogens with two attached hydrogens (primary N) is 1. The molecule has 8 nitrogen and oxygen atoms in total. The monoisotopic (exact) mass is 383 g/mol. The molecular formula is C17H25N3O5S. The standard InChI is InChI=1S/C17H25N3O5S/c1-12-9-13(10-14-5-3-4-6-16(21)19-14)7-8-15(12)20(26(18,23)24)11-17(22)25-2/h7-9,14H,3-6,10-11H2,1-2H3,(H,19,21)(H2,18,23,24). The summed E-state index contributed by atoms with van der Waals surface area (Å²) in [5, 5.41) is 8.26. The Kier molecular flexibility index (Phi) is 6.60. The fourth-order valence-electron chi connectivity index (χ4n) is 3.10. The van der Waals surface area contributed by atoms with Crippen molar-refractivity contribution in [2.75, 3.05) is 18.0 Å². The van der Waals surface area contributed by atoms with E-state index in [-0.39, 0.29) is 11.9 Å². The molecule has 1 heterocycles. The molecule has 3 N–H and O–H groups in total. The Morgan fingerprint density at radius 3 is 2.73 bits per heavy atom. The van der Waals surface area contributed by atoms with Crippen LogP contribution in [0, 0.1) is 6.92 Å². The number of aryl methyl sites for hydroxylation is 1. The van der Waals surface area contributed by atoms with Gasteiger partial charge in [0.2, 0.25) is 5.91 Å². The van der Waals surface area contributed by atoms with E-state index < -0.39 is 22.7 Å². The number of carbonyl (C=O) groups excluding carboxylic acids is 2. The van der Waals surface area contributed by atoms with Crippen LogP contribution >= 0.6 is 0 Å². The van der Waals surface area contributed by atoms with Crippen molar-refractivity contribution in [1.82, 2.24) is 5.32 Å². The third kappa shape index (κ3) is 5.43. The number of hydrogen-bond acceptors (Lipinski definition) is 5. The first kappa shape index (κ1) is 20.2. The number of benzene rings is 1. The van der Waals surface area contributed by atoms with Gasteiger partial charge in [-0.1, -0.05) is 18.6 Å². The summed E-state index contributed by atoms with van der Waals surface area (Å²) >= 11 is 0. The fourth-order valence-corrected chi connectivity index (χ4v) is 3.87. The van der Waals surface area contributed by atoms with Gasteiger partial charge in [-0.15, -0.1) is 0 Å². The lowest BCUT2D eigenvalue weighted by atomic mass is 10.00. The lowest BCUT2D eigenvalue weighted by Gasteiger charge is -2.23. The van der Waals surface area contributed by atoms with Gasteiger partial charge in [-0.05, 0) is 43.4 Å². The van der Waals surface area contributed by atoms with Crippen LogP contribution in [0.1, 0.15) is 36.8 Å². The van der Waals surface area contributed by atoms with Gasteiger partial charge in [0.25, 0.3) is 10.2 Å². The predicted octanol–water partition coefficient (Wildman–Crippen LogP) is 0.779. The number of hydrogen-bond donors (Lipinski definition) is 2. The first-order valence-electron chi connectivity index (χ1n) is 8.47. The number of ether oxygens (including phenoxy) is 1. The molecule has 26 heavy (non-hydrogen) atoms. The summed E-state index contributed by atoms with van der Waals surface area (Å²) in [4.78, 5) is 23.2. The first-order valence-corrected chi connectivity index (χ1v) is 9.97. The molecule has 144 valence electrons. The van der Waals surface area contributed by atoms with E-state index in [1.54, 1.807) is 19.1 Å². The van der Waals surface area contributed by atoms with Crippen LogP contribution in [-0.2, 0) is 31.0 Å². The second kappa shape index (κ2) is 8.50. The number of methoxy groups -OCH3 is 1. The summed E-state index contributed by atoms with van der Waals surface area (Å²) in [6, 6.07) is 5.33. The molecule has 0 aliphatic carbocycles. The molecule has 1 unspecified atom stereocenters. The molecule has 1 aromatic carbocycles. The maximum absolute atomic E-state index is 11.9. The van der Waals surface area contributed by atoms with Crippen molar-refractivity contribution in [1.29, 1.82) is 0 Å². The van der Waals surface area contributed by atoms with Crippen LogP contribution in [-0.4, -0.2) is 40.0 Å². The van der Waals surface area contributed by atoms with Crippen LogP contribution in [0.2, 0.25) is 0 Å². The molecular weight excluding hydrogens is 358 g/mol. The molecule has 1 aliphatic heterocycles. The molecule has 9 heteroatoms. The van der Waals surface area contributed by atoms with E-state index in [2.05, 4.69) is 10.1 Å². The Morgan fingerprint density at radius 2 is 2.12 bits per heavy atom. The van der Waals surface area contributed by atoms with Crippen LogP contribution in [0.25, 0.3) is 0 Å². The Balaban J connectivity index is 2.21. The van der Waals surface area contributed by atoms with Crippen molar-refractivity contribution < 1.29 is 22.7 Å². The molecule has 0 spiro atoms. The molecule has 1 aromatic rings. The Hall–Kier alpha value is -2.13. The van der Waals surface area contributed by atoms with Crippen LogP contribution in [0.5, 0.6) is 0 Å². The third-order valence-electron chi connectivity index (χ3n) is 4.39. The summed E-state index contributed by atoms with van der Waals surface area (Å²) in [5.74, 6) is -0.636. The summed E-state index contributed by atoms with van der Waals surface area (Å²) in [5.41, 5.74) is 1.97. The zero-order chi connectivity index (χ0) is 19.3. The minimum absolute atomic E-state index is 0.0688. The van der Waals surface area contributed by atoms with Gasteiger partial charge in [0.1, 0.15) is 6.54 Å². The molecule has 0 aromatic heterocycles. The van der Waals surface area contributed by atoms with Crippen molar-refractivity contribution in [3.8, 4) is 0 Å². The number of nitrogens with zero attached hydrogens (tertiary/aromatic N) is 1. The molecule has 0 bridgehead atoms. The van der Waals surface area contributed by atoms with Gasteiger partial charge in [0, 0.05) is 12.5 Å². The van der Waals surface area contributed by atoms with E-state index in [1.165, 1.54) is 7.11 Å². The molecule has 1 aliphatic rings. The van der Waals surface area contributed by atoms with Crippen LogP contribution < -0.4 is 14.8 Å². The number of nitrogens with one attached hydrogen (secondary N) is 1. The highest BCUT2D eigenvalue weighted by Gasteiger charge is 2.24. The zero-order valence-corrected chi connectivity index (χ0v) is 15.8. The second-order valence-corrected chi connectivity index (χ2v) is 7.93. The number of rotatable bonds is 6. The molecule has 1 fully saturated rings. The van der Waals surface area contributed by atoms with Crippen molar-refractivity contribution in [2.24, 2.45) is 5.14 Å². The van der Waals surface area contributed by atoms with Crippen LogP contribution in [0.4, 0.5) is 5.69 Å². The Labute approximate surface area is 153 Å². The van der Waals surface area contributed by atoms with Gasteiger partial charge >= 0.3 is 5.97 Å². The minimum Gasteiger partial charge on any atom is -0.468 e. The lowest BCUT2D eigenvalue weighted by Crippen LogP contribution is -2.41. The lowest BCUT2D eigenvalue weighted by molar-refractivity contribution is -0.138. The molecule has 0 radical (unpaired) electrons. The second-order valence-electron chi connectivity index (χ2n) is 6.46. The van der Waals surface area contributed by atoms with Gasteiger partial charge in [-0.3, -0.25) is 9.59 Å². The SMILES string of the molecule is COC(=O)CN(c1ccc(CC2CCCCC(=O)N2)cc1C)S(N)(=O)=O. The number of anilines is 1. The predicted molar refractivity (Wildman–Crippen MR) is 97.8 cm³/mol. The first-order chi connectivity index (χ1) is 12.2. The molecule has 1 atom stereocenters. The summed E-state index contributed by atoms with van der Waals surface area (Å²) in [6.45, 7) is 1.26. The maximum atomic E-state index is 11.9. The fraction of sp³-hybridized carbons (Fsp3) is 0.529. The van der Waals surface area contributed by atoms with E-state index in [0.29, 0.717) is 24.1 Å². The summed E-state index contributed by atoms with van der Waals surface area (Å²) in [7, 11) is -2.94. The minimum atomic E-state index is -4.12. The van der Waals surface area contributed by atoms with E-state index >= 15 is 0 Å². The molecule has 0 saturated carbocycles. The molecule has 1 saturated heterocycles. The van der Waals surface area contributed by atoms with Crippen molar-refractivity contribution in [2.45, 2.75) is 45.1 Å². The van der Waals surface area contributed by atoms with E-state index in [1.807, 2.05) is 6.07 Å². The highest BCUT2D eigenvalue weighted by atomic mass is 32.2. The average Bonchev–Trinajstić information content (AvgIpc) is 2.76. The number of amides is 1. The number of esters is 1. The number of carbonyl (C=O) groups is 2. The Bertz CT molecular complexity index is 779. The van der Waals surface area contributed by atoms with Crippen molar-refractivity contribution >= 4 is 27.8 Å². The van der Waals surface area contributed by atoms with Gasteiger partial charge in [-0.2, -0.15) is 8.42 Å². The van der Waals surface area contributed by atoms with Crippen molar-refractivity contribution in [3.05, 3.63) is 29.3 Å².